The summed E-state index contributed by atoms with van der Waals surface area (Å²) < 4.78 is 5.52. The van der Waals surface area contributed by atoms with Crippen LogP contribution in [0.4, 0.5) is 5.69 Å². The maximum Gasteiger partial charge on any atom is 0.119 e. The Morgan fingerprint density at radius 3 is 1.86 bits per heavy atom. The number of nitrogens with two attached hydrogens (primary N) is 1. The predicted molar refractivity (Wildman–Crippen MR) is 89.4 cm³/mol. The first kappa shape index (κ1) is 16.1. The van der Waals surface area contributed by atoms with Gasteiger partial charge < -0.3 is 20.7 Å². The van der Waals surface area contributed by atoms with E-state index in [0.717, 1.165) is 22.6 Å². The van der Waals surface area contributed by atoms with E-state index in [0.29, 0.717) is 6.61 Å². The van der Waals surface area contributed by atoms with Gasteiger partial charge in [0.2, 0.25) is 0 Å². The second kappa shape index (κ2) is 8.22. The van der Waals surface area contributed by atoms with Gasteiger partial charge in [-0.2, -0.15) is 0 Å². The molecule has 0 aliphatic heterocycles. The van der Waals surface area contributed by atoms with E-state index in [-0.39, 0.29) is 19.1 Å². The van der Waals surface area contributed by atoms with E-state index in [1.165, 1.54) is 0 Å². The van der Waals surface area contributed by atoms with E-state index < -0.39 is 0 Å². The number of aliphatic hydroxyl groups excluding tert-OH is 2. The largest absolute Gasteiger partial charge is 0.493 e. The fourth-order valence-corrected chi connectivity index (χ4v) is 1.85. The molecule has 0 heterocycles. The molecular formula is C18H21NO3. The fraction of sp³-hybridized carbons (Fsp3) is 0.222. The minimum atomic E-state index is -0.245. The summed E-state index contributed by atoms with van der Waals surface area (Å²) in [5.74, 6) is 0.474. The number of ether oxygens (including phenoxy) is 1. The van der Waals surface area contributed by atoms with Gasteiger partial charge in [0.25, 0.3) is 0 Å². The molecule has 0 saturated carbocycles. The average Bonchev–Trinajstić information content (AvgIpc) is 2.56. The van der Waals surface area contributed by atoms with Gasteiger partial charge in [-0.05, 0) is 35.4 Å². The van der Waals surface area contributed by atoms with Crippen LogP contribution in [0.25, 0.3) is 12.2 Å². The third kappa shape index (κ3) is 4.91. The van der Waals surface area contributed by atoms with Crippen molar-refractivity contribution in [3.63, 3.8) is 0 Å². The standard InChI is InChI=1S/C18H21NO3/c19-17-7-3-14(4-8-17)1-2-15-5-9-18(10-6-15)22-13-16(11-20)12-21/h1-10,16,20-21H,11-13,19H2/b2-1+. The highest BCUT2D eigenvalue weighted by Crippen LogP contribution is 2.16. The lowest BCUT2D eigenvalue weighted by Gasteiger charge is -2.12. The number of anilines is 1. The average molecular weight is 299 g/mol. The lowest BCUT2D eigenvalue weighted by atomic mass is 10.1. The van der Waals surface area contributed by atoms with Crippen LogP contribution in [0.2, 0.25) is 0 Å². The normalized spacial score (nSPS) is 11.2. The maximum atomic E-state index is 8.99. The Morgan fingerprint density at radius 2 is 1.36 bits per heavy atom. The summed E-state index contributed by atoms with van der Waals surface area (Å²) in [6.07, 6.45) is 4.03. The highest BCUT2D eigenvalue weighted by Gasteiger charge is 2.06. The zero-order valence-electron chi connectivity index (χ0n) is 12.4. The highest BCUT2D eigenvalue weighted by molar-refractivity contribution is 5.70. The summed E-state index contributed by atoms with van der Waals surface area (Å²) in [4.78, 5) is 0. The molecule has 0 bridgehead atoms. The monoisotopic (exact) mass is 299 g/mol. The van der Waals surface area contributed by atoms with Crippen LogP contribution in [-0.2, 0) is 0 Å². The number of benzene rings is 2. The Hall–Kier alpha value is -2.30. The summed E-state index contributed by atoms with van der Waals surface area (Å²) in [5, 5.41) is 18.0. The van der Waals surface area contributed by atoms with Crippen LogP contribution >= 0.6 is 0 Å². The summed E-state index contributed by atoms with van der Waals surface area (Å²) in [6, 6.07) is 15.3. The second-order valence-corrected chi connectivity index (χ2v) is 5.11. The minimum absolute atomic E-state index is 0.0844. The van der Waals surface area contributed by atoms with E-state index >= 15 is 0 Å². The highest BCUT2D eigenvalue weighted by atomic mass is 16.5. The van der Waals surface area contributed by atoms with Gasteiger partial charge in [-0.1, -0.05) is 36.4 Å². The van der Waals surface area contributed by atoms with Crippen LogP contribution in [0.15, 0.2) is 48.5 Å². The molecule has 0 saturated heterocycles. The van der Waals surface area contributed by atoms with Crippen LogP contribution in [0, 0.1) is 5.92 Å². The van der Waals surface area contributed by atoms with Crippen molar-refractivity contribution in [2.24, 2.45) is 5.92 Å². The number of aliphatic hydroxyl groups is 2. The molecule has 4 N–H and O–H groups in total. The first-order chi connectivity index (χ1) is 10.7. The molecule has 2 aromatic rings. The maximum absolute atomic E-state index is 8.99. The Bertz CT molecular complexity index is 587. The molecule has 0 aliphatic carbocycles. The molecule has 0 atom stereocenters. The van der Waals surface area contributed by atoms with Crippen molar-refractivity contribution in [2.75, 3.05) is 25.6 Å². The van der Waals surface area contributed by atoms with Crippen LogP contribution in [-0.4, -0.2) is 30.0 Å². The van der Waals surface area contributed by atoms with Gasteiger partial charge in [0.05, 0.1) is 19.8 Å². The first-order valence-electron chi connectivity index (χ1n) is 7.19. The van der Waals surface area contributed by atoms with Crippen molar-refractivity contribution < 1.29 is 14.9 Å². The van der Waals surface area contributed by atoms with Crippen molar-refractivity contribution in [1.29, 1.82) is 0 Å². The van der Waals surface area contributed by atoms with Crippen LogP contribution in [0.5, 0.6) is 5.75 Å². The first-order valence-corrected chi connectivity index (χ1v) is 7.19. The summed E-state index contributed by atoms with van der Waals surface area (Å²) in [7, 11) is 0. The topological polar surface area (TPSA) is 75.7 Å². The Morgan fingerprint density at radius 1 is 0.864 bits per heavy atom. The van der Waals surface area contributed by atoms with E-state index in [4.69, 9.17) is 20.7 Å². The molecule has 0 radical (unpaired) electrons. The van der Waals surface area contributed by atoms with Gasteiger partial charge in [0, 0.05) is 11.6 Å². The molecule has 0 aliphatic rings. The molecule has 4 heteroatoms. The Balaban J connectivity index is 1.92. The van der Waals surface area contributed by atoms with Gasteiger partial charge in [0.15, 0.2) is 0 Å². The lowest BCUT2D eigenvalue weighted by Crippen LogP contribution is -2.19. The summed E-state index contributed by atoms with van der Waals surface area (Å²) in [6.45, 7) is 0.130. The summed E-state index contributed by atoms with van der Waals surface area (Å²) >= 11 is 0. The van der Waals surface area contributed by atoms with Gasteiger partial charge in [0.1, 0.15) is 5.75 Å². The van der Waals surface area contributed by atoms with Crippen molar-refractivity contribution in [2.45, 2.75) is 0 Å². The number of rotatable bonds is 7. The lowest BCUT2D eigenvalue weighted by molar-refractivity contribution is 0.106. The fourth-order valence-electron chi connectivity index (χ4n) is 1.85. The molecular weight excluding hydrogens is 278 g/mol. The van der Waals surface area contributed by atoms with Crippen LogP contribution in [0.3, 0.4) is 0 Å². The molecule has 0 spiro atoms. The van der Waals surface area contributed by atoms with E-state index in [1.54, 1.807) is 0 Å². The Kier molecular flexibility index (Phi) is 6.01. The molecule has 0 amide bonds. The van der Waals surface area contributed by atoms with Crippen LogP contribution in [0.1, 0.15) is 11.1 Å². The van der Waals surface area contributed by atoms with Gasteiger partial charge >= 0.3 is 0 Å². The molecule has 4 nitrogen and oxygen atoms in total. The van der Waals surface area contributed by atoms with Gasteiger partial charge in [-0.15, -0.1) is 0 Å². The SMILES string of the molecule is Nc1ccc(/C=C/c2ccc(OCC(CO)CO)cc2)cc1. The molecule has 0 fully saturated rings. The number of hydrogen-bond donors (Lipinski definition) is 3. The van der Waals surface area contributed by atoms with E-state index in [1.807, 2.05) is 60.7 Å². The molecule has 22 heavy (non-hydrogen) atoms. The molecule has 2 aromatic carbocycles. The van der Waals surface area contributed by atoms with Crippen molar-refractivity contribution in [1.82, 2.24) is 0 Å². The zero-order valence-corrected chi connectivity index (χ0v) is 12.4. The predicted octanol–water partition coefficient (Wildman–Crippen LogP) is 2.42. The third-order valence-corrected chi connectivity index (χ3v) is 3.29. The van der Waals surface area contributed by atoms with Gasteiger partial charge in [-0.3, -0.25) is 0 Å². The molecule has 2 rings (SSSR count). The quantitative estimate of drug-likeness (QED) is 0.542. The molecule has 0 unspecified atom stereocenters. The van der Waals surface area contributed by atoms with Gasteiger partial charge in [-0.25, -0.2) is 0 Å². The summed E-state index contributed by atoms with van der Waals surface area (Å²) in [5.41, 5.74) is 8.55. The smallest absolute Gasteiger partial charge is 0.119 e. The van der Waals surface area contributed by atoms with E-state index in [2.05, 4.69) is 0 Å². The third-order valence-electron chi connectivity index (χ3n) is 3.29. The van der Waals surface area contributed by atoms with Crippen molar-refractivity contribution in [3.8, 4) is 5.75 Å². The number of hydrogen-bond acceptors (Lipinski definition) is 4. The van der Waals surface area contributed by atoms with Crippen molar-refractivity contribution >= 4 is 17.8 Å². The van der Waals surface area contributed by atoms with E-state index in [9.17, 15) is 0 Å². The minimum Gasteiger partial charge on any atom is -0.493 e. The van der Waals surface area contributed by atoms with Crippen LogP contribution < -0.4 is 10.5 Å². The number of nitrogen functional groups attached to an aromatic ring is 1. The Labute approximate surface area is 130 Å². The zero-order chi connectivity index (χ0) is 15.8. The van der Waals surface area contributed by atoms with Crippen molar-refractivity contribution in [3.05, 3.63) is 59.7 Å². The molecule has 116 valence electrons. The second-order valence-electron chi connectivity index (χ2n) is 5.11. The molecule has 0 aromatic heterocycles.